The standard InChI is InChI=1S/C23H32N4O2.HI/c1-3-25-23(27-16-21(28)18-10-12-24-13-11-18)26-15-20-5-4-14-29-22(20)19-8-6-17(2)7-9-19;/h6-13,20-22,28H,3-5,14-16H2,1-2H3,(H2,25,26,27);1H. The number of ether oxygens (including phenoxy) is 1. The van der Waals surface area contributed by atoms with Gasteiger partial charge >= 0.3 is 0 Å². The Morgan fingerprint density at radius 1 is 1.20 bits per heavy atom. The van der Waals surface area contributed by atoms with Crippen LogP contribution >= 0.6 is 24.0 Å². The largest absolute Gasteiger partial charge is 0.386 e. The first-order chi connectivity index (χ1) is 14.2. The smallest absolute Gasteiger partial charge is 0.191 e. The number of nitrogens with one attached hydrogen (secondary N) is 2. The molecule has 0 radical (unpaired) electrons. The number of aromatic nitrogens is 1. The summed E-state index contributed by atoms with van der Waals surface area (Å²) < 4.78 is 6.12. The molecule has 6 nitrogen and oxygen atoms in total. The maximum atomic E-state index is 10.4. The van der Waals surface area contributed by atoms with Crippen molar-refractivity contribution in [1.29, 1.82) is 0 Å². The number of benzene rings is 1. The zero-order chi connectivity index (χ0) is 20.5. The maximum absolute atomic E-state index is 10.4. The van der Waals surface area contributed by atoms with E-state index in [4.69, 9.17) is 4.74 Å². The SMILES string of the molecule is CCNC(=NCC(O)c1ccncc1)NCC1CCCOC1c1ccc(C)cc1.I. The molecule has 2 heterocycles. The van der Waals surface area contributed by atoms with Crippen molar-refractivity contribution in [2.75, 3.05) is 26.2 Å². The zero-order valence-corrected chi connectivity index (χ0v) is 20.1. The quantitative estimate of drug-likeness (QED) is 0.292. The van der Waals surface area contributed by atoms with Gasteiger partial charge in [-0.25, -0.2) is 0 Å². The molecule has 3 rings (SSSR count). The number of aliphatic hydroxyl groups excluding tert-OH is 1. The number of guanidine groups is 1. The molecule has 1 aromatic carbocycles. The number of pyridine rings is 1. The molecule has 1 aromatic heterocycles. The van der Waals surface area contributed by atoms with Crippen LogP contribution in [0.4, 0.5) is 0 Å². The van der Waals surface area contributed by atoms with Gasteiger partial charge in [0.25, 0.3) is 0 Å². The predicted octanol–water partition coefficient (Wildman–Crippen LogP) is 3.76. The molecule has 1 aliphatic rings. The fourth-order valence-electron chi connectivity index (χ4n) is 3.62. The van der Waals surface area contributed by atoms with Crippen molar-refractivity contribution in [3.63, 3.8) is 0 Å². The van der Waals surface area contributed by atoms with Gasteiger partial charge in [-0.15, -0.1) is 24.0 Å². The lowest BCUT2D eigenvalue weighted by Gasteiger charge is -2.32. The second kappa shape index (κ2) is 12.9. The fraction of sp³-hybridized carbons (Fsp3) is 0.478. The van der Waals surface area contributed by atoms with Crippen molar-refractivity contribution in [2.45, 2.75) is 38.9 Å². The van der Waals surface area contributed by atoms with Gasteiger partial charge in [-0.3, -0.25) is 9.98 Å². The second-order valence-corrected chi connectivity index (χ2v) is 7.50. The van der Waals surface area contributed by atoms with E-state index >= 15 is 0 Å². The number of hydrogen-bond acceptors (Lipinski definition) is 4. The lowest BCUT2D eigenvalue weighted by atomic mass is 9.89. The summed E-state index contributed by atoms with van der Waals surface area (Å²) in [6, 6.07) is 12.2. The molecule has 0 spiro atoms. The van der Waals surface area contributed by atoms with Crippen molar-refractivity contribution in [3.05, 3.63) is 65.5 Å². The molecule has 3 N–H and O–H groups in total. The lowest BCUT2D eigenvalue weighted by molar-refractivity contribution is -0.0265. The van der Waals surface area contributed by atoms with Crippen LogP contribution in [0.1, 0.15) is 48.7 Å². The highest BCUT2D eigenvalue weighted by Crippen LogP contribution is 2.33. The van der Waals surface area contributed by atoms with Gasteiger partial charge in [-0.2, -0.15) is 0 Å². The normalized spacial score (nSPS) is 20.2. The summed E-state index contributed by atoms with van der Waals surface area (Å²) in [7, 11) is 0. The number of aryl methyl sites for hydroxylation is 1. The minimum atomic E-state index is -0.647. The number of hydrogen-bond donors (Lipinski definition) is 3. The summed E-state index contributed by atoms with van der Waals surface area (Å²) in [5.41, 5.74) is 3.31. The van der Waals surface area contributed by atoms with Gasteiger partial charge in [0, 0.05) is 38.0 Å². The summed E-state index contributed by atoms with van der Waals surface area (Å²) in [6.07, 6.45) is 5.00. The Hall–Kier alpha value is -1.71. The van der Waals surface area contributed by atoms with Crippen LogP contribution in [0.3, 0.4) is 0 Å². The van der Waals surface area contributed by atoms with Crippen molar-refractivity contribution in [3.8, 4) is 0 Å². The van der Waals surface area contributed by atoms with Crippen LogP contribution in [0.2, 0.25) is 0 Å². The van der Waals surface area contributed by atoms with Gasteiger partial charge in [-0.1, -0.05) is 29.8 Å². The number of halogens is 1. The van der Waals surface area contributed by atoms with Crippen LogP contribution in [0, 0.1) is 12.8 Å². The van der Waals surface area contributed by atoms with Crippen molar-refractivity contribution in [2.24, 2.45) is 10.9 Å². The summed E-state index contributed by atoms with van der Waals surface area (Å²) in [6.45, 7) is 6.78. The average Bonchev–Trinajstić information content (AvgIpc) is 2.77. The molecule has 164 valence electrons. The van der Waals surface area contributed by atoms with E-state index in [2.05, 4.69) is 51.8 Å². The Morgan fingerprint density at radius 3 is 2.63 bits per heavy atom. The third kappa shape index (κ3) is 7.21. The molecule has 3 unspecified atom stereocenters. The first-order valence-corrected chi connectivity index (χ1v) is 10.5. The van der Waals surface area contributed by atoms with E-state index in [1.165, 1.54) is 11.1 Å². The molecule has 0 bridgehead atoms. The van der Waals surface area contributed by atoms with Crippen molar-refractivity contribution < 1.29 is 9.84 Å². The van der Waals surface area contributed by atoms with Crippen molar-refractivity contribution >= 4 is 29.9 Å². The Bertz CT molecular complexity index is 771. The summed E-state index contributed by atoms with van der Waals surface area (Å²) in [4.78, 5) is 8.55. The van der Waals surface area contributed by atoms with Gasteiger partial charge in [0.05, 0.1) is 18.8 Å². The molecule has 30 heavy (non-hydrogen) atoms. The fourth-order valence-corrected chi connectivity index (χ4v) is 3.62. The molecule has 1 aliphatic heterocycles. The average molecular weight is 524 g/mol. The van der Waals surface area contributed by atoms with Gasteiger partial charge in [0.15, 0.2) is 5.96 Å². The minimum Gasteiger partial charge on any atom is -0.386 e. The third-order valence-electron chi connectivity index (χ3n) is 5.24. The van der Waals surface area contributed by atoms with E-state index in [0.29, 0.717) is 18.4 Å². The molecule has 0 saturated carbocycles. The third-order valence-corrected chi connectivity index (χ3v) is 5.24. The number of aliphatic hydroxyl groups is 1. The molecule has 0 amide bonds. The number of rotatable bonds is 7. The molecule has 1 fully saturated rings. The Kier molecular flexibility index (Phi) is 10.5. The van der Waals surface area contributed by atoms with Gasteiger partial charge in [-0.05, 0) is 49.9 Å². The first-order valence-electron chi connectivity index (χ1n) is 10.5. The highest BCUT2D eigenvalue weighted by atomic mass is 127. The Labute approximate surface area is 196 Å². The second-order valence-electron chi connectivity index (χ2n) is 7.50. The van der Waals surface area contributed by atoms with Crippen molar-refractivity contribution in [1.82, 2.24) is 15.6 Å². The van der Waals surface area contributed by atoms with Gasteiger partial charge in [0.2, 0.25) is 0 Å². The Morgan fingerprint density at radius 2 is 1.93 bits per heavy atom. The Balaban J connectivity index is 0.00000320. The van der Waals surface area contributed by atoms with E-state index in [1.807, 2.05) is 19.1 Å². The van der Waals surface area contributed by atoms with Crippen LogP contribution in [0.25, 0.3) is 0 Å². The van der Waals surface area contributed by atoms with Crippen LogP contribution < -0.4 is 10.6 Å². The molecular formula is C23H33IN4O2. The number of aliphatic imine (C=N–C) groups is 1. The zero-order valence-electron chi connectivity index (χ0n) is 17.8. The summed E-state index contributed by atoms with van der Waals surface area (Å²) in [5.74, 6) is 1.09. The van der Waals surface area contributed by atoms with E-state index in [9.17, 15) is 5.11 Å². The minimum absolute atomic E-state index is 0. The highest BCUT2D eigenvalue weighted by Gasteiger charge is 2.27. The van der Waals surface area contributed by atoms with E-state index in [-0.39, 0.29) is 30.1 Å². The molecule has 1 saturated heterocycles. The molecule has 7 heteroatoms. The predicted molar refractivity (Wildman–Crippen MR) is 131 cm³/mol. The molecule has 3 atom stereocenters. The summed E-state index contributed by atoms with van der Waals surface area (Å²) in [5, 5.41) is 17.1. The highest BCUT2D eigenvalue weighted by molar-refractivity contribution is 14.0. The molecule has 0 aliphatic carbocycles. The van der Waals surface area contributed by atoms with Crippen LogP contribution in [0.15, 0.2) is 53.8 Å². The van der Waals surface area contributed by atoms with Crippen LogP contribution in [-0.2, 0) is 4.74 Å². The summed E-state index contributed by atoms with van der Waals surface area (Å²) >= 11 is 0. The van der Waals surface area contributed by atoms with Crippen LogP contribution in [-0.4, -0.2) is 42.3 Å². The number of nitrogens with zero attached hydrogens (tertiary/aromatic N) is 2. The molecule has 2 aromatic rings. The van der Waals surface area contributed by atoms with Gasteiger partial charge < -0.3 is 20.5 Å². The lowest BCUT2D eigenvalue weighted by Crippen LogP contribution is -2.42. The van der Waals surface area contributed by atoms with E-state index < -0.39 is 6.10 Å². The topological polar surface area (TPSA) is 78.8 Å². The van der Waals surface area contributed by atoms with Gasteiger partial charge in [0.1, 0.15) is 0 Å². The van der Waals surface area contributed by atoms with E-state index in [0.717, 1.165) is 38.1 Å². The molecular weight excluding hydrogens is 491 g/mol. The van der Waals surface area contributed by atoms with E-state index in [1.54, 1.807) is 12.4 Å². The maximum Gasteiger partial charge on any atom is 0.191 e. The monoisotopic (exact) mass is 524 g/mol. The first kappa shape index (κ1) is 24.6. The van der Waals surface area contributed by atoms with Crippen LogP contribution in [0.5, 0.6) is 0 Å².